The van der Waals surface area contributed by atoms with E-state index in [2.05, 4.69) is 10.6 Å². The largest absolute Gasteiger partial charge is 0.331 e. The van der Waals surface area contributed by atoms with Crippen LogP contribution in [0.3, 0.4) is 0 Å². The van der Waals surface area contributed by atoms with Gasteiger partial charge in [-0.3, -0.25) is 20.2 Å². The molecule has 9 heteroatoms. The Morgan fingerprint density at radius 1 is 1.20 bits per heavy atom. The van der Waals surface area contributed by atoms with E-state index in [9.17, 15) is 14.9 Å². The summed E-state index contributed by atoms with van der Waals surface area (Å²) in [7, 11) is 0. The molecule has 2 aromatic rings. The number of carbonyl (C=O) groups is 1. The molecule has 0 saturated heterocycles. The first-order chi connectivity index (χ1) is 11.8. The standard InChI is InChI=1S/C16H11Cl2N3O3S/c17-11-5-6-14(13(18)9-11)19-16(25)20-15(22)7-4-10-2-1-3-12(8-10)21(23)24/h1-9H,(H2,19,20,22,25). The molecule has 0 spiro atoms. The number of nitro benzene ring substituents is 1. The number of anilines is 1. The number of carbonyl (C=O) groups excluding carboxylic acids is 1. The van der Waals surface area contributed by atoms with Crippen molar-refractivity contribution in [2.45, 2.75) is 0 Å². The molecule has 0 radical (unpaired) electrons. The van der Waals surface area contributed by atoms with Crippen LogP contribution in [0, 0.1) is 10.1 Å². The molecule has 2 rings (SSSR count). The van der Waals surface area contributed by atoms with Gasteiger partial charge in [-0.15, -0.1) is 0 Å². The van der Waals surface area contributed by atoms with Crippen LogP contribution in [0.25, 0.3) is 6.08 Å². The van der Waals surface area contributed by atoms with Gasteiger partial charge in [0.25, 0.3) is 5.69 Å². The molecule has 0 aliphatic heterocycles. The second-order valence-electron chi connectivity index (χ2n) is 4.75. The lowest BCUT2D eigenvalue weighted by atomic mass is 10.2. The van der Waals surface area contributed by atoms with Gasteiger partial charge in [0.1, 0.15) is 0 Å². The van der Waals surface area contributed by atoms with Gasteiger partial charge in [0.15, 0.2) is 5.11 Å². The van der Waals surface area contributed by atoms with E-state index in [0.717, 1.165) is 0 Å². The number of hydrogen-bond donors (Lipinski definition) is 2. The van der Waals surface area contributed by atoms with Crippen molar-refractivity contribution in [2.24, 2.45) is 0 Å². The Morgan fingerprint density at radius 3 is 2.64 bits per heavy atom. The zero-order valence-corrected chi connectivity index (χ0v) is 14.9. The topological polar surface area (TPSA) is 84.3 Å². The number of non-ortho nitro benzene ring substituents is 1. The monoisotopic (exact) mass is 395 g/mol. The maximum absolute atomic E-state index is 11.9. The van der Waals surface area contributed by atoms with Crippen LogP contribution in [-0.2, 0) is 4.79 Å². The van der Waals surface area contributed by atoms with Crippen molar-refractivity contribution in [1.82, 2.24) is 5.32 Å². The molecule has 2 aromatic carbocycles. The molecule has 6 nitrogen and oxygen atoms in total. The fourth-order valence-electron chi connectivity index (χ4n) is 1.81. The predicted octanol–water partition coefficient (Wildman–Crippen LogP) is 4.43. The van der Waals surface area contributed by atoms with Crippen LogP contribution >= 0.6 is 35.4 Å². The Labute approximate surface area is 158 Å². The number of halogens is 2. The highest BCUT2D eigenvalue weighted by atomic mass is 35.5. The molecule has 0 unspecified atom stereocenters. The minimum absolute atomic E-state index is 0.0536. The average Bonchev–Trinajstić information content (AvgIpc) is 2.56. The number of thiocarbonyl (C=S) groups is 1. The lowest BCUT2D eigenvalue weighted by molar-refractivity contribution is -0.384. The number of benzene rings is 2. The lowest BCUT2D eigenvalue weighted by Gasteiger charge is -2.09. The molecule has 1 amide bonds. The summed E-state index contributed by atoms with van der Waals surface area (Å²) in [6, 6.07) is 10.7. The quantitative estimate of drug-likeness (QED) is 0.346. The fourth-order valence-corrected chi connectivity index (χ4v) is 2.48. The fraction of sp³-hybridized carbons (Fsp3) is 0. The molecule has 25 heavy (non-hydrogen) atoms. The van der Waals surface area contributed by atoms with Gasteiger partial charge in [0.05, 0.1) is 15.6 Å². The molecule has 0 fully saturated rings. The summed E-state index contributed by atoms with van der Waals surface area (Å²) in [5, 5.41) is 16.8. The third-order valence-electron chi connectivity index (χ3n) is 2.92. The molecule has 0 saturated carbocycles. The highest BCUT2D eigenvalue weighted by Crippen LogP contribution is 2.25. The van der Waals surface area contributed by atoms with E-state index in [1.807, 2.05) is 0 Å². The van der Waals surface area contributed by atoms with E-state index in [1.54, 1.807) is 18.2 Å². The number of nitro groups is 1. The van der Waals surface area contributed by atoms with Crippen molar-refractivity contribution < 1.29 is 9.72 Å². The third kappa shape index (κ3) is 5.82. The normalized spacial score (nSPS) is 10.5. The zero-order valence-electron chi connectivity index (χ0n) is 12.5. The summed E-state index contributed by atoms with van der Waals surface area (Å²) < 4.78 is 0. The SMILES string of the molecule is O=C(C=Cc1cccc([N+](=O)[O-])c1)NC(=S)Nc1ccc(Cl)cc1Cl. The number of nitrogens with zero attached hydrogens (tertiary/aromatic N) is 1. The summed E-state index contributed by atoms with van der Waals surface area (Å²) in [5.41, 5.74) is 0.958. The van der Waals surface area contributed by atoms with Crippen molar-refractivity contribution >= 4 is 63.9 Å². The maximum atomic E-state index is 11.9. The Morgan fingerprint density at radius 2 is 1.96 bits per heavy atom. The third-order valence-corrected chi connectivity index (χ3v) is 3.68. The van der Waals surface area contributed by atoms with Gasteiger partial charge in [-0.05, 0) is 42.1 Å². The van der Waals surface area contributed by atoms with Crippen LogP contribution in [0.4, 0.5) is 11.4 Å². The molecule has 0 bridgehead atoms. The second-order valence-corrected chi connectivity index (χ2v) is 6.00. The maximum Gasteiger partial charge on any atom is 0.270 e. The van der Waals surface area contributed by atoms with E-state index >= 15 is 0 Å². The molecule has 2 N–H and O–H groups in total. The molecule has 128 valence electrons. The average molecular weight is 396 g/mol. The van der Waals surface area contributed by atoms with Crippen molar-refractivity contribution in [2.75, 3.05) is 5.32 Å². The minimum Gasteiger partial charge on any atom is -0.331 e. The Hall–Kier alpha value is -2.48. The van der Waals surface area contributed by atoms with E-state index in [-0.39, 0.29) is 10.8 Å². The van der Waals surface area contributed by atoms with Gasteiger partial charge in [-0.2, -0.15) is 0 Å². The van der Waals surface area contributed by atoms with E-state index in [4.69, 9.17) is 35.4 Å². The molecular weight excluding hydrogens is 385 g/mol. The van der Waals surface area contributed by atoms with Crippen molar-refractivity contribution in [1.29, 1.82) is 0 Å². The summed E-state index contributed by atoms with van der Waals surface area (Å²) >= 11 is 16.8. The van der Waals surface area contributed by atoms with E-state index < -0.39 is 10.8 Å². The first-order valence-electron chi connectivity index (χ1n) is 6.85. The smallest absolute Gasteiger partial charge is 0.270 e. The lowest BCUT2D eigenvalue weighted by Crippen LogP contribution is -2.32. The number of hydrogen-bond acceptors (Lipinski definition) is 4. The molecule has 0 atom stereocenters. The van der Waals surface area contributed by atoms with Crippen LogP contribution in [0.2, 0.25) is 10.0 Å². The first kappa shape index (κ1) is 18.9. The van der Waals surface area contributed by atoms with Gasteiger partial charge in [-0.25, -0.2) is 0 Å². The Balaban J connectivity index is 1.96. The van der Waals surface area contributed by atoms with Crippen molar-refractivity contribution in [3.05, 3.63) is 74.3 Å². The van der Waals surface area contributed by atoms with Crippen LogP contribution in [0.1, 0.15) is 5.56 Å². The highest BCUT2D eigenvalue weighted by Gasteiger charge is 2.06. The molecule has 0 heterocycles. The van der Waals surface area contributed by atoms with Gasteiger partial charge < -0.3 is 5.32 Å². The predicted molar refractivity (Wildman–Crippen MR) is 103 cm³/mol. The molecule has 0 aromatic heterocycles. The number of nitrogens with one attached hydrogen (secondary N) is 2. The van der Waals surface area contributed by atoms with E-state index in [0.29, 0.717) is 21.3 Å². The van der Waals surface area contributed by atoms with Crippen LogP contribution < -0.4 is 10.6 Å². The second kappa shape index (κ2) is 8.57. The van der Waals surface area contributed by atoms with Crippen LogP contribution in [0.5, 0.6) is 0 Å². The van der Waals surface area contributed by atoms with Gasteiger partial charge in [0.2, 0.25) is 5.91 Å². The van der Waals surface area contributed by atoms with Gasteiger partial charge in [-0.1, -0.05) is 35.3 Å². The number of rotatable bonds is 4. The summed E-state index contributed by atoms with van der Waals surface area (Å²) in [4.78, 5) is 22.1. The first-order valence-corrected chi connectivity index (χ1v) is 8.01. The Kier molecular flexibility index (Phi) is 6.46. The summed E-state index contributed by atoms with van der Waals surface area (Å²) in [5.74, 6) is -0.492. The van der Waals surface area contributed by atoms with Gasteiger partial charge >= 0.3 is 0 Å². The van der Waals surface area contributed by atoms with Crippen LogP contribution in [-0.4, -0.2) is 15.9 Å². The Bertz CT molecular complexity index is 871. The summed E-state index contributed by atoms with van der Waals surface area (Å²) in [6.45, 7) is 0. The zero-order chi connectivity index (χ0) is 18.4. The van der Waals surface area contributed by atoms with Crippen LogP contribution in [0.15, 0.2) is 48.5 Å². The van der Waals surface area contributed by atoms with Gasteiger partial charge in [0, 0.05) is 23.2 Å². The molecule has 0 aliphatic carbocycles. The van der Waals surface area contributed by atoms with E-state index in [1.165, 1.54) is 36.4 Å². The van der Waals surface area contributed by atoms with Crippen molar-refractivity contribution in [3.63, 3.8) is 0 Å². The summed E-state index contributed by atoms with van der Waals surface area (Å²) in [6.07, 6.45) is 2.66. The number of amides is 1. The van der Waals surface area contributed by atoms with Crippen molar-refractivity contribution in [3.8, 4) is 0 Å². The molecule has 0 aliphatic rings. The minimum atomic E-state index is -0.508. The molecular formula is C16H11Cl2N3O3S. The highest BCUT2D eigenvalue weighted by molar-refractivity contribution is 7.80.